The number of carboxylic acid groups (broad SMARTS) is 1. The van der Waals surface area contributed by atoms with Crippen LogP contribution in [-0.4, -0.2) is 243 Å². The predicted octanol–water partition coefficient (Wildman–Crippen LogP) is 1.58. The van der Waals surface area contributed by atoms with Crippen LogP contribution in [0, 0.1) is 11.7 Å². The minimum Gasteiger partial charge on any atom is -0.508 e. The molecule has 7 aromatic rings. The molecule has 1 aromatic heterocycles. The number of carboxylic acids is 1. The Balaban J connectivity index is 0.957. The van der Waals surface area contributed by atoms with Gasteiger partial charge in [0.05, 0.1) is 52.0 Å². The van der Waals surface area contributed by atoms with Crippen molar-refractivity contribution in [2.24, 2.45) is 17.4 Å². The van der Waals surface area contributed by atoms with E-state index in [0.29, 0.717) is 16.8 Å². The number of pyridine rings is 1. The number of amides is 7. The van der Waals surface area contributed by atoms with Gasteiger partial charge in [-0.3, -0.25) is 38.5 Å². The molecule has 39 nitrogen and oxygen atoms in total. The van der Waals surface area contributed by atoms with Gasteiger partial charge in [0.1, 0.15) is 126 Å². The second kappa shape index (κ2) is 39.0. The number of likely N-dealkylation sites (N-methyl/N-ethyl adjacent to an activating group) is 1. The van der Waals surface area contributed by atoms with Gasteiger partial charge in [0, 0.05) is 59.6 Å². The van der Waals surface area contributed by atoms with Crippen molar-refractivity contribution >= 4 is 82.1 Å². The van der Waals surface area contributed by atoms with Gasteiger partial charge in [0.2, 0.25) is 53.4 Å². The Kier molecular flexibility index (Phi) is 28.8. The zero-order valence-electron chi connectivity index (χ0n) is 68.0. The fraction of sp³-hybridized carbons (Fsp3) is 0.417. The van der Waals surface area contributed by atoms with Crippen LogP contribution in [0.5, 0.6) is 46.0 Å². The monoisotopic (exact) mass is 1830 g/mol. The van der Waals surface area contributed by atoms with Crippen LogP contribution in [0.15, 0.2) is 115 Å². The normalized spacial score (nSPS) is 29.5. The standard InChI is InChI=1S/C84H93Cl3FN11O28/c1-31(2)16-47(91-5)75(112)98-63-65(105)36-9-14-51(43(86)19-36)121-53-21-38-22-54(72(53)126-83-70(110)68(108)73(56(30-100)124-83)127-82-69(109)67(107)66(106)55(123-82)29-92-27-33-6-12-46(93-28-33)34-7-11-45(88)42(85)18-34)122-52-15-10-37(20-44(52)87)71(125-58-26-84(4,90)74(111)32(3)120-58)64-80(117)97-62(81(118)119)41-23-39(101)24-50(103)59(41)40-17-35(8-13-49(40)102)60(77(114)99-64)96-78(115)61(38)95-76(113)48(25-57(89)104)94-79(63)116/h6-15,17-24,28,31-32,47-48,55-56,58,60-71,73-74,82-83,91-92,100-103,105-111H,16,25-27,29-30,90H2,1-5H3,(H2,89,104)(H,94,116)(H,95,113)(H,96,115)(H,97,117)(H,98,112)(H,99,114)(H,118,119)/t32-,47+,48-,55+,56+,58-,60+,61+,62+,63?,64-,65+,66-,67-,68+,69+,70+,71+,73+,74-,82-,83-,84-/m0/s1. The number of rotatable bonds is 20. The number of aliphatic carboxylic acids is 1. The lowest BCUT2D eigenvalue weighted by atomic mass is 9.86. The quantitative estimate of drug-likeness (QED) is 0.0515. The number of primary amides is 1. The van der Waals surface area contributed by atoms with Crippen LogP contribution in [0.25, 0.3) is 22.4 Å². The van der Waals surface area contributed by atoms with Crippen LogP contribution in [0.1, 0.15) is 111 Å². The summed E-state index contributed by atoms with van der Waals surface area (Å²) in [6, 6.07) is 6.25. The number of aromatic nitrogens is 1. The predicted molar refractivity (Wildman–Crippen MR) is 441 cm³/mol. The van der Waals surface area contributed by atoms with Crippen molar-refractivity contribution in [2.45, 2.75) is 193 Å². The average molecular weight is 1830 g/mol. The van der Waals surface area contributed by atoms with Gasteiger partial charge in [0.25, 0.3) is 0 Å². The molecule has 9 heterocycles. The Bertz CT molecular complexity index is 5340. The minimum absolute atomic E-state index is 0.0812. The molecule has 0 saturated carbocycles. The number of hydrogen-bond donors (Lipinski definition) is 22. The molecule has 127 heavy (non-hydrogen) atoms. The lowest BCUT2D eigenvalue weighted by Gasteiger charge is -2.46. The number of phenols is 3. The van der Waals surface area contributed by atoms with Crippen molar-refractivity contribution in [1.29, 1.82) is 0 Å². The number of ether oxygens (including phenoxy) is 8. The SMILES string of the molecule is CN[C@H](CC(C)C)C(=O)NC1C(=O)N[C@@H](CC(N)=O)C(=O)N[C@H]2C(=O)N[C@H]3C(=O)N[C@H](C(=O)N[C@@H](C(=O)O)c4cc(O)cc(O)c4-c4cc3ccc4O)[C@H](O[C@H]3C[C@](C)(N)[C@@H](O)[C@H](C)O3)c3ccc(c(Cl)c3)Oc3cc2cc(c3O[C@@H]2O[C@H](CO)[C@@H](O[C@@H]3O[C@H](CNCc4ccc(-c5ccc(F)c(Cl)c5)nc4)[C@H](O)[C@H](O)[C@H]3O)[C@H](O)[C@H]2O)Oc2ccc(cc2Cl)[C@H]1O. The zero-order valence-corrected chi connectivity index (χ0v) is 70.3. The van der Waals surface area contributed by atoms with E-state index in [4.69, 9.17) is 84.2 Å². The molecule has 1 unspecified atom stereocenters. The Morgan fingerprint density at radius 1 is 0.669 bits per heavy atom. The largest absolute Gasteiger partial charge is 0.508 e. The zero-order chi connectivity index (χ0) is 91.8. The number of aromatic hydroxyl groups is 3. The van der Waals surface area contributed by atoms with Gasteiger partial charge >= 0.3 is 5.97 Å². The molecule has 3 fully saturated rings. The van der Waals surface area contributed by atoms with Crippen molar-refractivity contribution in [3.63, 3.8) is 0 Å². The average Bonchev–Trinajstić information content (AvgIpc) is 0.760. The third-order valence-electron chi connectivity index (χ3n) is 22.4. The fourth-order valence-electron chi connectivity index (χ4n) is 15.7. The Labute approximate surface area is 737 Å². The number of carbonyl (C=O) groups is 8. The van der Waals surface area contributed by atoms with Crippen molar-refractivity contribution < 1.29 is 142 Å². The van der Waals surface area contributed by atoms with Crippen LogP contribution in [0.2, 0.25) is 15.1 Å². The van der Waals surface area contributed by atoms with Crippen molar-refractivity contribution in [2.75, 3.05) is 20.2 Å². The van der Waals surface area contributed by atoms with Crippen LogP contribution in [0.3, 0.4) is 0 Å². The van der Waals surface area contributed by atoms with Crippen LogP contribution in [0.4, 0.5) is 4.39 Å². The summed E-state index contributed by atoms with van der Waals surface area (Å²) in [7, 11) is 1.46. The summed E-state index contributed by atoms with van der Waals surface area (Å²) in [6.07, 6.45) is -28.0. The van der Waals surface area contributed by atoms with E-state index in [1.165, 1.54) is 57.4 Å². The second-order valence-electron chi connectivity index (χ2n) is 32.2. The summed E-state index contributed by atoms with van der Waals surface area (Å²) in [6.45, 7) is 5.21. The lowest BCUT2D eigenvalue weighted by molar-refractivity contribution is -0.350. The number of phenolic OH excluding ortho intramolecular Hbond substituents is 3. The maximum absolute atomic E-state index is 16.4. The molecule has 8 aliphatic heterocycles. The number of hydrogen-bond acceptors (Lipinski definition) is 31. The van der Waals surface area contributed by atoms with E-state index in [0.717, 1.165) is 66.7 Å². The number of nitrogens with one attached hydrogen (secondary N) is 8. The Hall–Kier alpha value is -10.8. The molecule has 3 saturated heterocycles. The summed E-state index contributed by atoms with van der Waals surface area (Å²) in [4.78, 5) is 125. The molecule has 680 valence electrons. The summed E-state index contributed by atoms with van der Waals surface area (Å²) >= 11 is 20.5. The van der Waals surface area contributed by atoms with Crippen LogP contribution in [-0.2, 0) is 68.6 Å². The molecule has 11 bridgehead atoms. The number of aliphatic hydroxyl groups is 8. The fourth-order valence-corrected chi connectivity index (χ4v) is 16.3. The van der Waals surface area contributed by atoms with Crippen molar-refractivity contribution in [1.82, 2.24) is 47.5 Å². The first-order chi connectivity index (χ1) is 60.2. The highest BCUT2D eigenvalue weighted by Crippen LogP contribution is 2.51. The number of nitrogens with zero attached hydrogens (tertiary/aromatic N) is 1. The highest BCUT2D eigenvalue weighted by atomic mass is 35.5. The third kappa shape index (κ3) is 20.5. The van der Waals surface area contributed by atoms with Gasteiger partial charge in [-0.15, -0.1) is 0 Å². The molecule has 0 spiro atoms. The van der Waals surface area contributed by atoms with E-state index in [9.17, 15) is 80.1 Å². The van der Waals surface area contributed by atoms with Crippen molar-refractivity contribution in [3.8, 4) is 68.4 Å². The molecule has 24 N–H and O–H groups in total. The van der Waals surface area contributed by atoms with E-state index in [1.54, 1.807) is 26.0 Å². The van der Waals surface area contributed by atoms with Crippen LogP contribution >= 0.6 is 34.8 Å². The summed E-state index contributed by atoms with van der Waals surface area (Å²) in [5, 5.41) is 159. The third-order valence-corrected chi connectivity index (χ3v) is 23.3. The molecular weight excluding hydrogens is 1740 g/mol. The van der Waals surface area contributed by atoms with E-state index >= 15 is 24.0 Å². The molecule has 23 atom stereocenters. The number of benzene rings is 6. The molecule has 6 aromatic carbocycles. The van der Waals surface area contributed by atoms with Gasteiger partial charge in [-0.2, -0.15) is 0 Å². The first-order valence-electron chi connectivity index (χ1n) is 39.9. The molecule has 0 aliphatic carbocycles. The van der Waals surface area contributed by atoms with E-state index in [1.807, 2.05) is 0 Å². The first-order valence-corrected chi connectivity index (χ1v) is 41.1. The molecule has 15 rings (SSSR count). The molecule has 7 amide bonds. The second-order valence-corrected chi connectivity index (χ2v) is 33.4. The maximum Gasteiger partial charge on any atom is 0.330 e. The number of halogens is 4. The lowest BCUT2D eigenvalue weighted by Crippen LogP contribution is -2.65. The maximum atomic E-state index is 16.4. The first kappa shape index (κ1) is 93.8. The van der Waals surface area contributed by atoms with Gasteiger partial charge in [0.15, 0.2) is 30.1 Å². The topological polar surface area (TPSA) is 614 Å². The van der Waals surface area contributed by atoms with E-state index in [-0.39, 0.29) is 48.0 Å². The molecule has 0 radical (unpaired) electrons. The Morgan fingerprint density at radius 2 is 1.31 bits per heavy atom. The molecule has 43 heteroatoms. The number of fused-ring (bicyclic) bond motifs is 15. The van der Waals surface area contributed by atoms with E-state index < -0.39 is 290 Å². The highest BCUT2D eigenvalue weighted by molar-refractivity contribution is 6.32. The minimum atomic E-state index is -2.44. The highest BCUT2D eigenvalue weighted by Gasteiger charge is 2.53. The van der Waals surface area contributed by atoms with Gasteiger partial charge < -0.3 is 153 Å². The van der Waals surface area contributed by atoms with Gasteiger partial charge in [-0.05, 0) is 140 Å². The number of aliphatic hydroxyl groups excluding tert-OH is 8. The summed E-state index contributed by atoms with van der Waals surface area (Å²) in [5.74, 6) is -17.5. The summed E-state index contributed by atoms with van der Waals surface area (Å²) < 4.78 is 65.1. The van der Waals surface area contributed by atoms with Crippen LogP contribution < -0.4 is 68.2 Å². The Morgan fingerprint density at radius 3 is 1.94 bits per heavy atom. The van der Waals surface area contributed by atoms with Gasteiger partial charge in [-0.1, -0.05) is 72.9 Å². The number of carbonyl (C=O) groups excluding carboxylic acids is 7. The number of nitrogens with two attached hydrogens (primary N) is 2. The molecule has 8 aliphatic rings. The summed E-state index contributed by atoms with van der Waals surface area (Å²) in [5.41, 5.74) is 9.52. The van der Waals surface area contributed by atoms with Crippen molar-refractivity contribution in [3.05, 3.63) is 170 Å². The van der Waals surface area contributed by atoms with E-state index in [2.05, 4.69) is 47.5 Å². The molecular formula is C84H93Cl3FN11O28. The van der Waals surface area contributed by atoms with Gasteiger partial charge in [-0.25, -0.2) is 9.18 Å². The smallest absolute Gasteiger partial charge is 0.330 e.